The Bertz CT molecular complexity index is 1090. The van der Waals surface area contributed by atoms with Gasteiger partial charge in [0, 0.05) is 48.5 Å². The lowest BCUT2D eigenvalue weighted by molar-refractivity contribution is 0.102. The van der Waals surface area contributed by atoms with E-state index in [4.69, 9.17) is 17.0 Å². The average molecular weight is 436 g/mol. The third kappa shape index (κ3) is 4.75. The number of nitrogens with one attached hydrogen (secondary N) is 4. The minimum atomic E-state index is -0.182. The molecular formula is C24H26ClN5O. The number of rotatable bonds is 5. The fraction of sp³-hybridized carbons (Fsp3) is 0.250. The van der Waals surface area contributed by atoms with E-state index in [2.05, 4.69) is 26.6 Å². The summed E-state index contributed by atoms with van der Waals surface area (Å²) in [6, 6.07) is 16.9. The Balaban J connectivity index is 1.47. The minimum Gasteiger partial charge on any atom is -0.374 e. The fourth-order valence-corrected chi connectivity index (χ4v) is 4.29. The molecule has 1 aliphatic rings. The lowest BCUT2D eigenvalue weighted by atomic mass is 9.90. The van der Waals surface area contributed by atoms with Crippen molar-refractivity contribution in [2.24, 2.45) is 0 Å². The molecule has 1 amide bonds. The predicted molar refractivity (Wildman–Crippen MR) is 127 cm³/mol. The molecule has 1 saturated heterocycles. The van der Waals surface area contributed by atoms with Crippen LogP contribution in [0, 0.1) is 5.41 Å². The molecule has 1 atom stereocenters. The SMILES string of the molecule is CNc1[nH]ccc1C(=N)N1CCCC(c2cccc(NC(=O)c3cccc(Cl)c3)c2)C1. The standard InChI is InChI=1S/C24H26ClN5O/c1-27-23-21(10-11-28-23)22(26)30-12-4-7-18(15-30)16-5-3-9-20(14-16)29-24(31)17-6-2-8-19(25)13-17/h2-3,5-6,8-11,13-14,18,26-28H,4,7,12,15H2,1H3,(H,29,31). The molecule has 2 aromatic carbocycles. The number of carbonyl (C=O) groups excluding carboxylic acids is 1. The Hall–Kier alpha value is -3.25. The van der Waals surface area contributed by atoms with E-state index >= 15 is 0 Å². The van der Waals surface area contributed by atoms with Gasteiger partial charge in [0.1, 0.15) is 11.7 Å². The van der Waals surface area contributed by atoms with E-state index in [9.17, 15) is 4.79 Å². The van der Waals surface area contributed by atoms with Crippen LogP contribution >= 0.6 is 11.6 Å². The minimum absolute atomic E-state index is 0.182. The Morgan fingerprint density at radius 3 is 2.84 bits per heavy atom. The molecular weight excluding hydrogens is 410 g/mol. The molecule has 1 aromatic heterocycles. The van der Waals surface area contributed by atoms with Gasteiger partial charge in [-0.25, -0.2) is 0 Å². The normalized spacial score (nSPS) is 16.1. The van der Waals surface area contributed by atoms with E-state index < -0.39 is 0 Å². The third-order valence-corrected chi connectivity index (χ3v) is 5.93. The highest BCUT2D eigenvalue weighted by Gasteiger charge is 2.25. The van der Waals surface area contributed by atoms with Gasteiger partial charge in [0.15, 0.2) is 0 Å². The summed E-state index contributed by atoms with van der Waals surface area (Å²) in [5.74, 6) is 1.51. The van der Waals surface area contributed by atoms with Crippen LogP contribution in [0.25, 0.3) is 0 Å². The molecule has 4 rings (SSSR count). The van der Waals surface area contributed by atoms with Gasteiger partial charge in [-0.15, -0.1) is 0 Å². The summed E-state index contributed by atoms with van der Waals surface area (Å²) < 4.78 is 0. The van der Waals surface area contributed by atoms with E-state index in [1.54, 1.807) is 24.3 Å². The van der Waals surface area contributed by atoms with Crippen molar-refractivity contribution in [3.05, 3.63) is 82.5 Å². The quantitative estimate of drug-likeness (QED) is 0.329. The second-order valence-electron chi connectivity index (χ2n) is 7.74. The number of H-pyrrole nitrogens is 1. The van der Waals surface area contributed by atoms with E-state index in [-0.39, 0.29) is 5.91 Å². The van der Waals surface area contributed by atoms with Crippen LogP contribution in [0.3, 0.4) is 0 Å². The highest BCUT2D eigenvalue weighted by molar-refractivity contribution is 6.31. The fourth-order valence-electron chi connectivity index (χ4n) is 4.10. The lowest BCUT2D eigenvalue weighted by Gasteiger charge is -2.35. The van der Waals surface area contributed by atoms with Crippen LogP contribution in [0.4, 0.5) is 11.5 Å². The molecule has 0 spiro atoms. The molecule has 31 heavy (non-hydrogen) atoms. The number of anilines is 2. The van der Waals surface area contributed by atoms with Crippen LogP contribution in [-0.4, -0.2) is 41.8 Å². The molecule has 2 heterocycles. The Morgan fingerprint density at radius 2 is 2.03 bits per heavy atom. The second kappa shape index (κ2) is 9.27. The van der Waals surface area contributed by atoms with Gasteiger partial charge in [-0.1, -0.05) is 29.8 Å². The summed E-state index contributed by atoms with van der Waals surface area (Å²) in [4.78, 5) is 17.8. The van der Waals surface area contributed by atoms with Crippen LogP contribution in [0.1, 0.15) is 40.2 Å². The second-order valence-corrected chi connectivity index (χ2v) is 8.18. The number of amidine groups is 1. The maximum absolute atomic E-state index is 12.6. The van der Waals surface area contributed by atoms with Crippen molar-refractivity contribution in [3.63, 3.8) is 0 Å². The highest BCUT2D eigenvalue weighted by Crippen LogP contribution is 2.30. The van der Waals surface area contributed by atoms with Crippen LogP contribution in [-0.2, 0) is 0 Å². The number of carbonyl (C=O) groups is 1. The van der Waals surface area contributed by atoms with E-state index in [0.29, 0.717) is 22.3 Å². The molecule has 1 unspecified atom stereocenters. The largest absolute Gasteiger partial charge is 0.374 e. The van der Waals surface area contributed by atoms with Gasteiger partial charge in [-0.05, 0) is 54.8 Å². The maximum Gasteiger partial charge on any atom is 0.255 e. The van der Waals surface area contributed by atoms with Crippen molar-refractivity contribution in [1.29, 1.82) is 5.41 Å². The lowest BCUT2D eigenvalue weighted by Crippen LogP contribution is -2.39. The van der Waals surface area contributed by atoms with Gasteiger partial charge >= 0.3 is 0 Å². The molecule has 1 fully saturated rings. The number of piperidine rings is 1. The Labute approximate surface area is 187 Å². The number of likely N-dealkylation sites (tertiary alicyclic amines) is 1. The van der Waals surface area contributed by atoms with E-state index in [1.807, 2.05) is 37.5 Å². The van der Waals surface area contributed by atoms with Gasteiger partial charge in [-0.2, -0.15) is 0 Å². The van der Waals surface area contributed by atoms with Gasteiger partial charge in [0.25, 0.3) is 5.91 Å². The van der Waals surface area contributed by atoms with Crippen LogP contribution < -0.4 is 10.6 Å². The number of amides is 1. The first-order valence-corrected chi connectivity index (χ1v) is 10.8. The third-order valence-electron chi connectivity index (χ3n) is 5.69. The zero-order valence-electron chi connectivity index (χ0n) is 17.4. The number of aromatic amines is 1. The molecule has 0 saturated carbocycles. The molecule has 3 aromatic rings. The number of aromatic nitrogens is 1. The van der Waals surface area contributed by atoms with Gasteiger partial charge in [-0.3, -0.25) is 10.2 Å². The van der Waals surface area contributed by atoms with Crippen LogP contribution in [0.5, 0.6) is 0 Å². The smallest absolute Gasteiger partial charge is 0.255 e. The maximum atomic E-state index is 12.6. The van der Waals surface area contributed by atoms with Crippen molar-refractivity contribution >= 4 is 34.8 Å². The number of halogens is 1. The van der Waals surface area contributed by atoms with Gasteiger partial charge < -0.3 is 20.5 Å². The van der Waals surface area contributed by atoms with Crippen molar-refractivity contribution in [2.45, 2.75) is 18.8 Å². The topological polar surface area (TPSA) is 84.0 Å². The van der Waals surface area contributed by atoms with Gasteiger partial charge in [0.05, 0.1) is 5.56 Å². The first kappa shape index (κ1) is 21.0. The summed E-state index contributed by atoms with van der Waals surface area (Å²) in [6.45, 7) is 1.65. The molecule has 7 heteroatoms. The van der Waals surface area contributed by atoms with Gasteiger partial charge in [0.2, 0.25) is 0 Å². The van der Waals surface area contributed by atoms with Crippen molar-refractivity contribution in [1.82, 2.24) is 9.88 Å². The molecule has 1 aliphatic heterocycles. The summed E-state index contributed by atoms with van der Waals surface area (Å²) in [5, 5.41) is 15.3. The number of benzene rings is 2. The monoisotopic (exact) mass is 435 g/mol. The summed E-state index contributed by atoms with van der Waals surface area (Å²) in [5.41, 5.74) is 3.34. The molecule has 0 bridgehead atoms. The van der Waals surface area contributed by atoms with Crippen molar-refractivity contribution in [2.75, 3.05) is 30.8 Å². The van der Waals surface area contributed by atoms with E-state index in [0.717, 1.165) is 43.0 Å². The molecule has 0 radical (unpaired) electrons. The van der Waals surface area contributed by atoms with Crippen LogP contribution in [0.15, 0.2) is 60.8 Å². The summed E-state index contributed by atoms with van der Waals surface area (Å²) in [7, 11) is 1.85. The molecule has 0 aliphatic carbocycles. The zero-order valence-corrected chi connectivity index (χ0v) is 18.2. The highest BCUT2D eigenvalue weighted by atomic mass is 35.5. The predicted octanol–water partition coefficient (Wildman–Crippen LogP) is 5.17. The van der Waals surface area contributed by atoms with E-state index in [1.165, 1.54) is 5.56 Å². The molecule has 4 N–H and O–H groups in total. The first-order valence-electron chi connectivity index (χ1n) is 10.4. The van der Waals surface area contributed by atoms with Crippen molar-refractivity contribution < 1.29 is 4.79 Å². The Morgan fingerprint density at radius 1 is 1.19 bits per heavy atom. The first-order chi connectivity index (χ1) is 15.0. The summed E-state index contributed by atoms with van der Waals surface area (Å²) in [6.07, 6.45) is 3.93. The number of hydrogen-bond acceptors (Lipinski definition) is 3. The Kier molecular flexibility index (Phi) is 6.28. The molecule has 160 valence electrons. The average Bonchev–Trinajstić information content (AvgIpc) is 3.28. The van der Waals surface area contributed by atoms with Crippen LogP contribution in [0.2, 0.25) is 5.02 Å². The summed E-state index contributed by atoms with van der Waals surface area (Å²) >= 11 is 6.01. The number of nitrogens with zero attached hydrogens (tertiary/aromatic N) is 1. The molecule has 6 nitrogen and oxygen atoms in total. The number of hydrogen-bond donors (Lipinski definition) is 4. The van der Waals surface area contributed by atoms with Crippen molar-refractivity contribution in [3.8, 4) is 0 Å². The zero-order chi connectivity index (χ0) is 21.8.